The molecule has 114 valence electrons. The van der Waals surface area contributed by atoms with Gasteiger partial charge in [-0.1, -0.05) is 0 Å². The van der Waals surface area contributed by atoms with Crippen LogP contribution in [0.25, 0.3) is 0 Å². The smallest absolute Gasteiger partial charge is 0.287 e. The van der Waals surface area contributed by atoms with Gasteiger partial charge >= 0.3 is 0 Å². The highest BCUT2D eigenvalue weighted by molar-refractivity contribution is 5.91. The van der Waals surface area contributed by atoms with Gasteiger partial charge in [0.1, 0.15) is 13.2 Å². The lowest BCUT2D eigenvalue weighted by Gasteiger charge is -2.29. The van der Waals surface area contributed by atoms with Crippen LogP contribution in [0, 0.1) is 0 Å². The van der Waals surface area contributed by atoms with E-state index in [-0.39, 0.29) is 11.9 Å². The van der Waals surface area contributed by atoms with Crippen molar-refractivity contribution in [1.29, 1.82) is 0 Å². The maximum absolute atomic E-state index is 12.2. The Morgan fingerprint density at radius 2 is 2.00 bits per heavy atom. The topological polar surface area (TPSA) is 60.7 Å². The van der Waals surface area contributed by atoms with Crippen molar-refractivity contribution >= 4 is 5.91 Å². The average molecular weight is 299 g/mol. The van der Waals surface area contributed by atoms with Gasteiger partial charge in [0.15, 0.2) is 17.3 Å². The Balaban J connectivity index is 1.62. The third-order valence-corrected chi connectivity index (χ3v) is 4.17. The van der Waals surface area contributed by atoms with Crippen LogP contribution in [-0.2, 0) is 6.42 Å². The molecule has 0 saturated carbocycles. The van der Waals surface area contributed by atoms with Crippen molar-refractivity contribution in [2.45, 2.75) is 25.3 Å². The number of rotatable bonds is 2. The molecule has 1 N–H and O–H groups in total. The first kappa shape index (κ1) is 13.2. The SMILES string of the molecule is O=C(NC1CCCc2cc3c(cc21)OCCO3)c1ccco1. The first-order chi connectivity index (χ1) is 10.8. The van der Waals surface area contributed by atoms with Gasteiger partial charge in [-0.25, -0.2) is 0 Å². The van der Waals surface area contributed by atoms with Crippen molar-refractivity contribution in [3.8, 4) is 11.5 Å². The van der Waals surface area contributed by atoms with Gasteiger partial charge in [0.2, 0.25) is 0 Å². The Hall–Kier alpha value is -2.43. The molecule has 0 radical (unpaired) electrons. The molecule has 0 spiro atoms. The third kappa shape index (κ3) is 2.32. The monoisotopic (exact) mass is 299 g/mol. The quantitative estimate of drug-likeness (QED) is 0.926. The van der Waals surface area contributed by atoms with Gasteiger partial charge in [0, 0.05) is 0 Å². The molecule has 1 amide bonds. The number of hydrogen-bond donors (Lipinski definition) is 1. The molecule has 2 aliphatic rings. The molecule has 0 saturated heterocycles. The molecule has 2 aromatic rings. The van der Waals surface area contributed by atoms with Crippen LogP contribution < -0.4 is 14.8 Å². The number of benzene rings is 1. The highest BCUT2D eigenvalue weighted by atomic mass is 16.6. The predicted molar refractivity (Wildman–Crippen MR) is 79.3 cm³/mol. The Morgan fingerprint density at radius 3 is 2.77 bits per heavy atom. The standard InChI is InChI=1S/C17H17NO4/c19-17(14-5-2-6-20-14)18-13-4-1-3-11-9-15-16(10-12(11)13)22-8-7-21-15/h2,5-6,9-10,13H,1,3-4,7-8H2,(H,18,19). The highest BCUT2D eigenvalue weighted by Crippen LogP contribution is 2.39. The molecule has 5 heteroatoms. The second-order valence-corrected chi connectivity index (χ2v) is 5.59. The van der Waals surface area contributed by atoms with E-state index in [4.69, 9.17) is 13.9 Å². The van der Waals surface area contributed by atoms with Crippen LogP contribution in [0.1, 0.15) is 40.6 Å². The molecular weight excluding hydrogens is 282 g/mol. The molecule has 1 atom stereocenters. The number of hydrogen-bond acceptors (Lipinski definition) is 4. The van der Waals surface area contributed by atoms with Gasteiger partial charge in [0.25, 0.3) is 5.91 Å². The van der Waals surface area contributed by atoms with Gasteiger partial charge in [-0.2, -0.15) is 0 Å². The summed E-state index contributed by atoms with van der Waals surface area (Å²) in [6.45, 7) is 1.15. The molecule has 1 aliphatic carbocycles. The number of furan rings is 1. The lowest BCUT2D eigenvalue weighted by molar-refractivity contribution is 0.0904. The fraction of sp³-hybridized carbons (Fsp3) is 0.353. The van der Waals surface area contributed by atoms with Crippen LogP contribution in [0.5, 0.6) is 11.5 Å². The minimum Gasteiger partial charge on any atom is -0.486 e. The van der Waals surface area contributed by atoms with Crippen LogP contribution in [0.15, 0.2) is 34.9 Å². The summed E-state index contributed by atoms with van der Waals surface area (Å²) in [6, 6.07) is 7.43. The first-order valence-electron chi connectivity index (χ1n) is 7.58. The van der Waals surface area contributed by atoms with Crippen LogP contribution >= 0.6 is 0 Å². The molecule has 1 unspecified atom stereocenters. The van der Waals surface area contributed by atoms with Crippen LogP contribution in [0.4, 0.5) is 0 Å². The zero-order valence-corrected chi connectivity index (χ0v) is 12.1. The average Bonchev–Trinajstić information content (AvgIpc) is 3.08. The van der Waals surface area contributed by atoms with Gasteiger partial charge in [-0.05, 0) is 54.7 Å². The largest absolute Gasteiger partial charge is 0.486 e. The van der Waals surface area contributed by atoms with Gasteiger partial charge in [-0.3, -0.25) is 4.79 Å². The number of fused-ring (bicyclic) bond motifs is 2. The van der Waals surface area contributed by atoms with E-state index >= 15 is 0 Å². The minimum atomic E-state index is -0.183. The van der Waals surface area contributed by atoms with E-state index in [2.05, 4.69) is 11.4 Å². The molecule has 22 heavy (non-hydrogen) atoms. The summed E-state index contributed by atoms with van der Waals surface area (Å²) < 4.78 is 16.5. The van der Waals surface area contributed by atoms with Crippen LogP contribution in [0.3, 0.4) is 0 Å². The number of carbonyl (C=O) groups excluding carboxylic acids is 1. The molecular formula is C17H17NO4. The maximum atomic E-state index is 12.2. The van der Waals surface area contributed by atoms with Crippen LogP contribution in [-0.4, -0.2) is 19.1 Å². The van der Waals surface area contributed by atoms with Crippen molar-refractivity contribution in [2.75, 3.05) is 13.2 Å². The van der Waals surface area contributed by atoms with E-state index in [9.17, 15) is 4.79 Å². The lowest BCUT2D eigenvalue weighted by atomic mass is 9.87. The number of carbonyl (C=O) groups is 1. The Labute approximate surface area is 128 Å². The fourth-order valence-corrected chi connectivity index (χ4v) is 3.13. The van der Waals surface area contributed by atoms with Gasteiger partial charge in [0.05, 0.1) is 12.3 Å². The molecule has 0 bridgehead atoms. The second-order valence-electron chi connectivity index (χ2n) is 5.59. The summed E-state index contributed by atoms with van der Waals surface area (Å²) in [5.74, 6) is 1.73. The number of amides is 1. The van der Waals surface area contributed by atoms with Crippen molar-refractivity contribution < 1.29 is 18.7 Å². The number of ether oxygens (including phenoxy) is 2. The van der Waals surface area contributed by atoms with Gasteiger partial charge in [-0.15, -0.1) is 0 Å². The fourth-order valence-electron chi connectivity index (χ4n) is 3.13. The molecule has 4 rings (SSSR count). The molecule has 0 fully saturated rings. The van der Waals surface area contributed by atoms with E-state index in [1.165, 1.54) is 11.8 Å². The van der Waals surface area contributed by atoms with E-state index in [1.807, 2.05) is 6.07 Å². The van der Waals surface area contributed by atoms with Crippen molar-refractivity contribution in [3.63, 3.8) is 0 Å². The van der Waals surface area contributed by atoms with E-state index in [1.54, 1.807) is 12.1 Å². The van der Waals surface area contributed by atoms with Crippen molar-refractivity contribution in [3.05, 3.63) is 47.4 Å². The molecule has 1 aromatic carbocycles. The summed E-state index contributed by atoms with van der Waals surface area (Å²) in [6.07, 6.45) is 4.46. The van der Waals surface area contributed by atoms with E-state index in [0.29, 0.717) is 19.0 Å². The number of nitrogens with one attached hydrogen (secondary N) is 1. The van der Waals surface area contributed by atoms with E-state index < -0.39 is 0 Å². The Morgan fingerprint density at radius 1 is 1.18 bits per heavy atom. The summed E-state index contributed by atoms with van der Waals surface area (Å²) >= 11 is 0. The highest BCUT2D eigenvalue weighted by Gasteiger charge is 2.26. The molecule has 1 aliphatic heterocycles. The van der Waals surface area contributed by atoms with Gasteiger partial charge < -0.3 is 19.2 Å². The summed E-state index contributed by atoms with van der Waals surface area (Å²) in [5, 5.41) is 3.06. The predicted octanol–water partition coefficient (Wildman–Crippen LogP) is 2.86. The summed E-state index contributed by atoms with van der Waals surface area (Å²) in [4.78, 5) is 12.2. The molecule has 1 aromatic heterocycles. The van der Waals surface area contributed by atoms with Crippen molar-refractivity contribution in [2.24, 2.45) is 0 Å². The Bertz CT molecular complexity index is 693. The Kier molecular flexibility index (Phi) is 3.25. The summed E-state index contributed by atoms with van der Waals surface area (Å²) in [7, 11) is 0. The molecule has 2 heterocycles. The third-order valence-electron chi connectivity index (χ3n) is 4.17. The lowest BCUT2D eigenvalue weighted by Crippen LogP contribution is -2.31. The van der Waals surface area contributed by atoms with Crippen LogP contribution in [0.2, 0.25) is 0 Å². The maximum Gasteiger partial charge on any atom is 0.287 e. The first-order valence-corrected chi connectivity index (χ1v) is 7.58. The summed E-state index contributed by atoms with van der Waals surface area (Å²) in [5.41, 5.74) is 2.34. The van der Waals surface area contributed by atoms with Crippen molar-refractivity contribution in [1.82, 2.24) is 5.32 Å². The van der Waals surface area contributed by atoms with E-state index in [0.717, 1.165) is 36.3 Å². The molecule has 5 nitrogen and oxygen atoms in total. The second kappa shape index (κ2) is 5.40. The zero-order valence-electron chi connectivity index (χ0n) is 12.1. The normalized spacial score (nSPS) is 19.4. The number of aryl methyl sites for hydroxylation is 1. The zero-order chi connectivity index (χ0) is 14.9. The minimum absolute atomic E-state index is 0.0165.